The highest BCUT2D eigenvalue weighted by Crippen LogP contribution is 2.19. The molecule has 0 aromatic heterocycles. The van der Waals surface area contributed by atoms with Crippen molar-refractivity contribution in [3.05, 3.63) is 24.3 Å². The highest BCUT2D eigenvalue weighted by molar-refractivity contribution is 7.89. The summed E-state index contributed by atoms with van der Waals surface area (Å²) in [5.41, 5.74) is 5.35. The van der Waals surface area contributed by atoms with Crippen LogP contribution >= 0.6 is 0 Å². The molecule has 0 saturated carbocycles. The maximum Gasteiger partial charge on any atom is 0.242 e. The van der Waals surface area contributed by atoms with E-state index in [2.05, 4.69) is 0 Å². The minimum absolute atomic E-state index is 0.0308. The van der Waals surface area contributed by atoms with Crippen LogP contribution < -0.4 is 10.5 Å². The zero-order valence-corrected chi connectivity index (χ0v) is 12.1. The molecule has 1 unspecified atom stereocenters. The molecule has 0 saturated heterocycles. The van der Waals surface area contributed by atoms with Gasteiger partial charge in [0.1, 0.15) is 5.75 Å². The third-order valence-corrected chi connectivity index (χ3v) is 4.67. The van der Waals surface area contributed by atoms with E-state index in [1.54, 1.807) is 19.1 Å². The van der Waals surface area contributed by atoms with Crippen molar-refractivity contribution in [3.63, 3.8) is 0 Å². The van der Waals surface area contributed by atoms with Crippen LogP contribution in [0.2, 0.25) is 0 Å². The number of nitrogens with zero attached hydrogens (tertiary/aromatic N) is 1. The number of sulfonamides is 1. The van der Waals surface area contributed by atoms with E-state index in [0.717, 1.165) is 0 Å². The minimum Gasteiger partial charge on any atom is -0.497 e. The highest BCUT2D eigenvalue weighted by atomic mass is 32.2. The molecule has 0 heterocycles. The van der Waals surface area contributed by atoms with Crippen molar-refractivity contribution in [1.29, 1.82) is 5.41 Å². The Hall–Kier alpha value is -1.60. The molecule has 106 valence electrons. The third kappa shape index (κ3) is 3.68. The Morgan fingerprint density at radius 1 is 1.42 bits per heavy atom. The first-order valence-electron chi connectivity index (χ1n) is 5.73. The Bertz CT molecular complexity index is 540. The second kappa shape index (κ2) is 6.03. The van der Waals surface area contributed by atoms with Crippen molar-refractivity contribution in [2.75, 3.05) is 20.7 Å². The highest BCUT2D eigenvalue weighted by Gasteiger charge is 2.23. The first kappa shape index (κ1) is 15.5. The molecule has 1 rings (SSSR count). The van der Waals surface area contributed by atoms with Gasteiger partial charge in [0.05, 0.1) is 17.8 Å². The summed E-state index contributed by atoms with van der Waals surface area (Å²) < 4.78 is 30.7. The van der Waals surface area contributed by atoms with Crippen molar-refractivity contribution >= 4 is 15.9 Å². The maximum absolute atomic E-state index is 12.3. The molecule has 0 radical (unpaired) electrons. The van der Waals surface area contributed by atoms with Crippen molar-refractivity contribution in [3.8, 4) is 5.75 Å². The summed E-state index contributed by atoms with van der Waals surface area (Å²) in [6.07, 6.45) is 0. The number of hydrogen-bond acceptors (Lipinski definition) is 4. The predicted octanol–water partition coefficient (Wildman–Crippen LogP) is 0.888. The Kier molecular flexibility index (Phi) is 4.90. The van der Waals surface area contributed by atoms with Gasteiger partial charge >= 0.3 is 0 Å². The number of hydrogen-bond donors (Lipinski definition) is 2. The van der Waals surface area contributed by atoms with Crippen LogP contribution in [0.4, 0.5) is 0 Å². The number of nitrogens with one attached hydrogen (secondary N) is 1. The van der Waals surface area contributed by atoms with E-state index in [4.69, 9.17) is 15.9 Å². The fraction of sp³-hybridized carbons (Fsp3) is 0.417. The summed E-state index contributed by atoms with van der Waals surface area (Å²) in [7, 11) is -0.578. The average molecular weight is 285 g/mol. The number of rotatable bonds is 6. The quantitative estimate of drug-likeness (QED) is 0.599. The Morgan fingerprint density at radius 3 is 2.37 bits per heavy atom. The molecule has 1 aromatic carbocycles. The summed E-state index contributed by atoms with van der Waals surface area (Å²) in [5, 5.41) is 7.30. The fourth-order valence-corrected chi connectivity index (χ4v) is 2.77. The lowest BCUT2D eigenvalue weighted by Crippen LogP contribution is -2.35. The molecule has 0 aliphatic heterocycles. The molecule has 19 heavy (non-hydrogen) atoms. The summed E-state index contributed by atoms with van der Waals surface area (Å²) in [6.45, 7) is 1.88. The van der Waals surface area contributed by atoms with E-state index in [0.29, 0.717) is 5.75 Å². The van der Waals surface area contributed by atoms with E-state index < -0.39 is 10.0 Å². The van der Waals surface area contributed by atoms with Crippen molar-refractivity contribution in [2.24, 2.45) is 11.7 Å². The van der Waals surface area contributed by atoms with Gasteiger partial charge in [-0.25, -0.2) is 12.7 Å². The summed E-state index contributed by atoms with van der Waals surface area (Å²) in [5.74, 6) is 0.244. The number of benzene rings is 1. The normalized spacial score (nSPS) is 13.3. The van der Waals surface area contributed by atoms with Crippen LogP contribution in [0.5, 0.6) is 5.75 Å². The predicted molar refractivity (Wildman–Crippen MR) is 73.9 cm³/mol. The van der Waals surface area contributed by atoms with Crippen LogP contribution in [0.3, 0.4) is 0 Å². The third-order valence-electron chi connectivity index (χ3n) is 2.83. The van der Waals surface area contributed by atoms with Crippen LogP contribution in [0.15, 0.2) is 29.2 Å². The summed E-state index contributed by atoms with van der Waals surface area (Å²) >= 11 is 0. The van der Waals surface area contributed by atoms with Gasteiger partial charge in [0, 0.05) is 19.5 Å². The molecule has 0 aliphatic rings. The molecular formula is C12H19N3O3S. The number of methoxy groups -OCH3 is 1. The second-order valence-corrected chi connectivity index (χ2v) is 6.36. The van der Waals surface area contributed by atoms with Crippen molar-refractivity contribution in [2.45, 2.75) is 11.8 Å². The van der Waals surface area contributed by atoms with Crippen LogP contribution in [0.25, 0.3) is 0 Å². The zero-order chi connectivity index (χ0) is 14.6. The number of amidine groups is 1. The molecule has 0 aliphatic carbocycles. The van der Waals surface area contributed by atoms with Gasteiger partial charge < -0.3 is 10.5 Å². The molecule has 1 atom stereocenters. The van der Waals surface area contributed by atoms with Crippen LogP contribution in [-0.2, 0) is 10.0 Å². The first-order valence-corrected chi connectivity index (χ1v) is 7.17. The molecule has 0 bridgehead atoms. The van der Waals surface area contributed by atoms with Gasteiger partial charge in [0.25, 0.3) is 0 Å². The zero-order valence-electron chi connectivity index (χ0n) is 11.3. The van der Waals surface area contributed by atoms with Gasteiger partial charge in [-0.2, -0.15) is 0 Å². The molecule has 3 N–H and O–H groups in total. The molecule has 6 nitrogen and oxygen atoms in total. The molecule has 7 heteroatoms. The van der Waals surface area contributed by atoms with Crippen molar-refractivity contribution in [1.82, 2.24) is 4.31 Å². The molecule has 0 fully saturated rings. The molecular weight excluding hydrogens is 266 g/mol. The molecule has 1 aromatic rings. The lowest BCUT2D eigenvalue weighted by molar-refractivity contribution is 0.414. The van der Waals surface area contributed by atoms with Crippen LogP contribution in [-0.4, -0.2) is 39.3 Å². The SMILES string of the molecule is COc1ccc(S(=O)(=O)N(C)CC(C)C(=N)N)cc1. The van der Waals surface area contributed by atoms with E-state index in [9.17, 15) is 8.42 Å². The fourth-order valence-electron chi connectivity index (χ4n) is 1.51. The van der Waals surface area contributed by atoms with Gasteiger partial charge in [-0.3, -0.25) is 5.41 Å². The summed E-state index contributed by atoms with van der Waals surface area (Å²) in [6, 6.07) is 6.16. The van der Waals surface area contributed by atoms with Crippen LogP contribution in [0.1, 0.15) is 6.92 Å². The smallest absolute Gasteiger partial charge is 0.242 e. The molecule has 0 spiro atoms. The van der Waals surface area contributed by atoms with Gasteiger partial charge in [0.15, 0.2) is 0 Å². The van der Waals surface area contributed by atoms with Gasteiger partial charge in [0.2, 0.25) is 10.0 Å². The lowest BCUT2D eigenvalue weighted by atomic mass is 10.2. The van der Waals surface area contributed by atoms with E-state index in [1.165, 1.54) is 30.6 Å². The monoisotopic (exact) mass is 285 g/mol. The van der Waals surface area contributed by atoms with E-state index in [1.807, 2.05) is 0 Å². The van der Waals surface area contributed by atoms with Gasteiger partial charge in [-0.15, -0.1) is 0 Å². The summed E-state index contributed by atoms with van der Waals surface area (Å²) in [4.78, 5) is 0.187. The minimum atomic E-state index is -3.57. The Balaban J connectivity index is 2.92. The topological polar surface area (TPSA) is 96.5 Å². The van der Waals surface area contributed by atoms with Crippen molar-refractivity contribution < 1.29 is 13.2 Å². The largest absolute Gasteiger partial charge is 0.497 e. The first-order chi connectivity index (χ1) is 8.78. The number of ether oxygens (including phenoxy) is 1. The van der Waals surface area contributed by atoms with E-state index >= 15 is 0 Å². The number of nitrogens with two attached hydrogens (primary N) is 1. The van der Waals surface area contributed by atoms with Gasteiger partial charge in [-0.1, -0.05) is 6.92 Å². The maximum atomic E-state index is 12.3. The second-order valence-electron chi connectivity index (χ2n) is 4.32. The Morgan fingerprint density at radius 2 is 1.95 bits per heavy atom. The standard InChI is InChI=1S/C12H19N3O3S/c1-9(12(13)14)8-15(2)19(16,17)11-6-4-10(18-3)5-7-11/h4-7,9H,8H2,1-3H3,(H3,13,14). The Labute approximate surface area is 113 Å². The van der Waals surface area contributed by atoms with Gasteiger partial charge in [-0.05, 0) is 24.3 Å². The lowest BCUT2D eigenvalue weighted by Gasteiger charge is -2.20. The average Bonchev–Trinajstić information content (AvgIpc) is 2.38. The molecule has 0 amide bonds. The van der Waals surface area contributed by atoms with E-state index in [-0.39, 0.29) is 23.2 Å². The van der Waals surface area contributed by atoms with Crippen LogP contribution in [0, 0.1) is 11.3 Å².